The molecule has 6 aromatic carbocycles. The Morgan fingerprint density at radius 2 is 1.00 bits per heavy atom. The molecular weight excluding hydrogens is 502 g/mol. The van der Waals surface area contributed by atoms with Gasteiger partial charge in [-0.05, 0) is 62.6 Å². The van der Waals surface area contributed by atoms with Gasteiger partial charge in [0.25, 0.3) is 0 Å². The number of hydrogen-bond donors (Lipinski definition) is 0. The Kier molecular flexibility index (Phi) is 4.55. The van der Waals surface area contributed by atoms with Crippen molar-refractivity contribution in [3.63, 3.8) is 0 Å². The average molecular weight is 524 g/mol. The summed E-state index contributed by atoms with van der Waals surface area (Å²) in [5.41, 5.74) is 5.11. The summed E-state index contributed by atoms with van der Waals surface area (Å²) in [6, 6.07) is 40.8. The molecule has 0 bridgehead atoms. The molecule has 9 aromatic rings. The molecule has 0 aliphatic rings. The van der Waals surface area contributed by atoms with Crippen LogP contribution in [0.1, 0.15) is 0 Å². The van der Waals surface area contributed by atoms with Crippen LogP contribution >= 0.6 is 0 Å². The first-order chi connectivity index (χ1) is 20.3. The van der Waals surface area contributed by atoms with Gasteiger partial charge in [-0.25, -0.2) is 15.0 Å². The van der Waals surface area contributed by atoms with Crippen molar-refractivity contribution in [3.05, 3.63) is 128 Å². The fourth-order valence-electron chi connectivity index (χ4n) is 6.09. The van der Waals surface area contributed by atoms with E-state index in [1.807, 2.05) is 0 Å². The normalized spacial score (nSPS) is 11.9. The van der Waals surface area contributed by atoms with E-state index in [9.17, 15) is 0 Å². The predicted molar refractivity (Wildman–Crippen MR) is 167 cm³/mol. The Bertz CT molecular complexity index is 2400. The van der Waals surface area contributed by atoms with Crippen LogP contribution in [0.4, 0.5) is 0 Å². The highest BCUT2D eigenvalue weighted by Gasteiger charge is 2.19. The number of rotatable bonds is 2. The van der Waals surface area contributed by atoms with Crippen molar-refractivity contribution in [3.8, 4) is 17.2 Å². The Labute approximate surface area is 234 Å². The zero-order valence-corrected chi connectivity index (χ0v) is 21.9. The largest absolute Gasteiger partial charge is 0.278 e. The van der Waals surface area contributed by atoms with Crippen molar-refractivity contribution < 1.29 is 0 Å². The van der Waals surface area contributed by atoms with E-state index in [2.05, 4.69) is 130 Å². The number of nitrogens with zero attached hydrogens (tertiary/aromatic N) is 5. The monoisotopic (exact) mass is 523 g/mol. The van der Waals surface area contributed by atoms with Crippen LogP contribution in [0.2, 0.25) is 0 Å². The highest BCUT2D eigenvalue weighted by molar-refractivity contribution is 6.16. The second-order valence-electron chi connectivity index (χ2n) is 10.4. The lowest BCUT2D eigenvalue weighted by molar-refractivity contribution is 0.999. The zero-order valence-electron chi connectivity index (χ0n) is 21.9. The minimum absolute atomic E-state index is 0.567. The summed E-state index contributed by atoms with van der Waals surface area (Å²) >= 11 is 0. The maximum atomic E-state index is 5.23. The van der Waals surface area contributed by atoms with Gasteiger partial charge in [0.15, 0.2) is 5.65 Å². The van der Waals surface area contributed by atoms with Gasteiger partial charge in [-0.1, -0.05) is 84.9 Å². The summed E-state index contributed by atoms with van der Waals surface area (Å²) in [6.07, 6.45) is 3.39. The zero-order chi connectivity index (χ0) is 26.9. The molecule has 0 atom stereocenters. The van der Waals surface area contributed by atoms with E-state index in [1.165, 1.54) is 37.7 Å². The van der Waals surface area contributed by atoms with Crippen LogP contribution in [0.15, 0.2) is 128 Å². The highest BCUT2D eigenvalue weighted by Crippen LogP contribution is 2.37. The Hall–Kier alpha value is -5.68. The minimum Gasteiger partial charge on any atom is -0.278 e. The molecule has 9 rings (SSSR count). The molecule has 0 amide bonds. The summed E-state index contributed by atoms with van der Waals surface area (Å²) in [5, 5.41) is 9.41. The number of aromatic nitrogens is 5. The van der Waals surface area contributed by atoms with E-state index < -0.39 is 0 Å². The molecule has 0 spiro atoms. The van der Waals surface area contributed by atoms with E-state index in [0.717, 1.165) is 27.7 Å². The Balaban J connectivity index is 1.42. The van der Waals surface area contributed by atoms with E-state index in [1.54, 1.807) is 12.4 Å². The second-order valence-corrected chi connectivity index (χ2v) is 10.4. The third kappa shape index (κ3) is 3.36. The summed E-state index contributed by atoms with van der Waals surface area (Å²) < 4.78 is 2.18. The Morgan fingerprint density at radius 3 is 1.63 bits per heavy atom. The summed E-state index contributed by atoms with van der Waals surface area (Å²) in [7, 11) is 0. The van der Waals surface area contributed by atoms with Crippen LogP contribution < -0.4 is 0 Å². The fourth-order valence-corrected chi connectivity index (χ4v) is 6.09. The van der Waals surface area contributed by atoms with Crippen molar-refractivity contribution >= 4 is 65.3 Å². The molecule has 0 N–H and O–H groups in total. The molecule has 0 saturated heterocycles. The quantitative estimate of drug-likeness (QED) is 0.228. The molecule has 0 unspecified atom stereocenters. The van der Waals surface area contributed by atoms with Gasteiger partial charge in [0, 0.05) is 28.7 Å². The molecule has 0 fully saturated rings. The molecular formula is C36H21N5. The number of fused-ring (bicyclic) bond motifs is 7. The van der Waals surface area contributed by atoms with Crippen LogP contribution in [0.25, 0.3) is 82.5 Å². The smallest absolute Gasteiger partial charge is 0.237 e. The average Bonchev–Trinajstić information content (AvgIpc) is 3.33. The summed E-state index contributed by atoms with van der Waals surface area (Å²) in [6.45, 7) is 0. The third-order valence-corrected chi connectivity index (χ3v) is 8.04. The van der Waals surface area contributed by atoms with Gasteiger partial charge < -0.3 is 0 Å². The molecule has 0 aliphatic carbocycles. The van der Waals surface area contributed by atoms with Gasteiger partial charge in [-0.3, -0.25) is 4.57 Å². The number of benzene rings is 6. The first kappa shape index (κ1) is 22.2. The lowest BCUT2D eigenvalue weighted by Crippen LogP contribution is -2.05. The van der Waals surface area contributed by atoms with Crippen LogP contribution in [-0.2, 0) is 0 Å². The molecule has 5 nitrogen and oxygen atoms in total. The fraction of sp³-hybridized carbons (Fsp3) is 0. The van der Waals surface area contributed by atoms with E-state index in [-0.39, 0.29) is 0 Å². The molecule has 0 aliphatic heterocycles. The van der Waals surface area contributed by atoms with Gasteiger partial charge in [0.1, 0.15) is 11.2 Å². The lowest BCUT2D eigenvalue weighted by Gasteiger charge is -2.11. The predicted octanol–water partition coefficient (Wildman–Crippen LogP) is 8.64. The van der Waals surface area contributed by atoms with E-state index in [4.69, 9.17) is 9.97 Å². The van der Waals surface area contributed by atoms with Crippen LogP contribution in [0.3, 0.4) is 0 Å². The number of hydrogen-bond acceptors (Lipinski definition) is 4. The van der Waals surface area contributed by atoms with Gasteiger partial charge >= 0.3 is 0 Å². The maximum Gasteiger partial charge on any atom is 0.237 e. The molecule has 41 heavy (non-hydrogen) atoms. The van der Waals surface area contributed by atoms with Crippen LogP contribution in [0.5, 0.6) is 0 Å². The van der Waals surface area contributed by atoms with Crippen molar-refractivity contribution in [2.45, 2.75) is 0 Å². The van der Waals surface area contributed by atoms with Crippen LogP contribution in [-0.4, -0.2) is 24.5 Å². The minimum atomic E-state index is 0.567. The lowest BCUT2D eigenvalue weighted by atomic mass is 10.0. The Morgan fingerprint density at radius 1 is 0.463 bits per heavy atom. The standard InChI is InChI=1S/C36H21N5/c1-2-8-23-17-28(14-13-22(23)7-1)33-34-35(38-16-15-37-34)40-36(39-33)41-31-20-26-11-5-3-9-24(26)18-29(31)30-19-25-10-4-6-12-27(25)21-32(30)41/h1-21H. The maximum absolute atomic E-state index is 5.23. The van der Waals surface area contributed by atoms with Crippen molar-refractivity contribution in [1.29, 1.82) is 0 Å². The highest BCUT2D eigenvalue weighted by atomic mass is 15.2. The third-order valence-electron chi connectivity index (χ3n) is 8.04. The molecule has 0 saturated carbocycles. The van der Waals surface area contributed by atoms with Crippen LogP contribution in [0, 0.1) is 0 Å². The second kappa shape index (κ2) is 8.41. The molecule has 190 valence electrons. The van der Waals surface area contributed by atoms with Gasteiger partial charge in [0.2, 0.25) is 5.95 Å². The van der Waals surface area contributed by atoms with Crippen molar-refractivity contribution in [2.75, 3.05) is 0 Å². The SMILES string of the molecule is c1ccc2cc(-c3nc(-n4c5cc6ccccc6cc5c5cc6ccccc6cc54)nc4nccnc34)ccc2c1. The van der Waals surface area contributed by atoms with Gasteiger partial charge in [-0.2, -0.15) is 4.98 Å². The molecule has 5 heteroatoms. The van der Waals surface area contributed by atoms with Crippen molar-refractivity contribution in [1.82, 2.24) is 24.5 Å². The van der Waals surface area contributed by atoms with Gasteiger partial charge in [-0.15, -0.1) is 0 Å². The molecule has 0 radical (unpaired) electrons. The first-order valence-corrected chi connectivity index (χ1v) is 13.6. The summed E-state index contributed by atoms with van der Waals surface area (Å²) in [5.74, 6) is 0.576. The van der Waals surface area contributed by atoms with Crippen molar-refractivity contribution in [2.24, 2.45) is 0 Å². The van der Waals surface area contributed by atoms with E-state index in [0.29, 0.717) is 17.1 Å². The van der Waals surface area contributed by atoms with E-state index >= 15 is 0 Å². The summed E-state index contributed by atoms with van der Waals surface area (Å²) in [4.78, 5) is 19.5. The van der Waals surface area contributed by atoms with Gasteiger partial charge in [0.05, 0.1) is 11.0 Å². The topological polar surface area (TPSA) is 56.5 Å². The first-order valence-electron chi connectivity index (χ1n) is 13.6. The molecule has 3 aromatic heterocycles. The molecule has 3 heterocycles.